The lowest BCUT2D eigenvalue weighted by Crippen LogP contribution is -2.20. The zero-order valence-electron chi connectivity index (χ0n) is 4.87. The van der Waals surface area contributed by atoms with E-state index in [1.807, 2.05) is 0 Å². The Labute approximate surface area is 61.4 Å². The number of carboxylic acid groups (broad SMARTS) is 2. The second-order valence-corrected chi connectivity index (χ2v) is 2.94. The molecular formula is C5H5ClO4. The van der Waals surface area contributed by atoms with Gasteiger partial charge in [0, 0.05) is 0 Å². The molecule has 5 heteroatoms. The lowest BCUT2D eigenvalue weighted by Gasteiger charge is -1.96. The van der Waals surface area contributed by atoms with Gasteiger partial charge in [-0.15, -0.1) is 11.6 Å². The van der Waals surface area contributed by atoms with Crippen molar-refractivity contribution in [3.05, 3.63) is 0 Å². The Morgan fingerprint density at radius 3 is 2.10 bits per heavy atom. The summed E-state index contributed by atoms with van der Waals surface area (Å²) in [5, 5.41) is 16.6. The van der Waals surface area contributed by atoms with Crippen molar-refractivity contribution in [1.29, 1.82) is 0 Å². The summed E-state index contributed by atoms with van der Waals surface area (Å²) in [4.78, 5) is 18.8. The van der Waals surface area contributed by atoms with Crippen molar-refractivity contribution in [1.82, 2.24) is 0 Å². The van der Waals surface area contributed by atoms with Crippen LogP contribution >= 0.6 is 11.6 Å². The van der Waals surface area contributed by atoms with Crippen molar-refractivity contribution in [3.63, 3.8) is 0 Å². The topological polar surface area (TPSA) is 74.6 Å². The molecule has 1 aliphatic carbocycles. The van der Waals surface area contributed by atoms with E-state index in [0.717, 1.165) is 0 Å². The Balaban J connectivity index is 2.65. The van der Waals surface area contributed by atoms with Crippen molar-refractivity contribution in [2.45, 2.75) is 11.3 Å². The number of hydrogen-bond acceptors (Lipinski definition) is 2. The Hall–Kier alpha value is -0.770. The number of carboxylic acids is 2. The van der Waals surface area contributed by atoms with Crippen LogP contribution in [-0.2, 0) is 9.59 Å². The van der Waals surface area contributed by atoms with Crippen LogP contribution in [0.1, 0.15) is 6.42 Å². The molecule has 56 valence electrons. The molecule has 2 unspecified atom stereocenters. The van der Waals surface area contributed by atoms with Crippen LogP contribution in [0.2, 0.25) is 0 Å². The van der Waals surface area contributed by atoms with E-state index in [4.69, 9.17) is 21.8 Å². The Kier molecular flexibility index (Phi) is 1.36. The highest BCUT2D eigenvalue weighted by Crippen LogP contribution is 2.49. The summed E-state index contributed by atoms with van der Waals surface area (Å²) in [6.07, 6.45) is 0.0270. The predicted octanol–water partition coefficient (Wildman–Crippen LogP) is 0.153. The molecule has 10 heavy (non-hydrogen) atoms. The normalized spacial score (nSPS) is 37.1. The van der Waals surface area contributed by atoms with Crippen LogP contribution in [0.25, 0.3) is 0 Å². The van der Waals surface area contributed by atoms with E-state index in [9.17, 15) is 9.59 Å². The van der Waals surface area contributed by atoms with Gasteiger partial charge in [-0.25, -0.2) is 0 Å². The Morgan fingerprint density at radius 2 is 2.00 bits per heavy atom. The van der Waals surface area contributed by atoms with Gasteiger partial charge in [-0.2, -0.15) is 0 Å². The van der Waals surface area contributed by atoms with Gasteiger partial charge < -0.3 is 10.2 Å². The maximum Gasteiger partial charge on any atom is 0.325 e. The number of aliphatic carboxylic acids is 2. The standard InChI is InChI=1S/C5H5ClO4/c6-5(4(9)10)1-2(5)3(7)8/h2H,1H2,(H,7,8)(H,9,10). The summed E-state index contributed by atoms with van der Waals surface area (Å²) in [6, 6.07) is 0. The van der Waals surface area contributed by atoms with E-state index in [2.05, 4.69) is 0 Å². The number of carbonyl (C=O) groups is 2. The molecule has 2 N–H and O–H groups in total. The summed E-state index contributed by atoms with van der Waals surface area (Å²) in [5.41, 5.74) is 0. The first-order valence-corrected chi connectivity index (χ1v) is 3.01. The highest BCUT2D eigenvalue weighted by Gasteiger charge is 2.63. The van der Waals surface area contributed by atoms with Crippen LogP contribution in [0.5, 0.6) is 0 Å². The fraction of sp³-hybridized carbons (Fsp3) is 0.600. The van der Waals surface area contributed by atoms with E-state index >= 15 is 0 Å². The molecule has 0 amide bonds. The lowest BCUT2D eigenvalue weighted by atomic mass is 10.3. The third kappa shape index (κ3) is 0.844. The van der Waals surface area contributed by atoms with Crippen molar-refractivity contribution < 1.29 is 19.8 Å². The number of alkyl halides is 1. The van der Waals surface area contributed by atoms with Gasteiger partial charge in [-0.05, 0) is 6.42 Å². The molecule has 0 aromatic heterocycles. The largest absolute Gasteiger partial charge is 0.481 e. The van der Waals surface area contributed by atoms with E-state index in [0.29, 0.717) is 0 Å². The van der Waals surface area contributed by atoms with Crippen molar-refractivity contribution >= 4 is 23.5 Å². The minimum Gasteiger partial charge on any atom is -0.481 e. The predicted molar refractivity (Wildman–Crippen MR) is 32.0 cm³/mol. The molecular weight excluding hydrogens is 160 g/mol. The van der Waals surface area contributed by atoms with Gasteiger partial charge in [0.15, 0.2) is 4.87 Å². The molecule has 1 saturated carbocycles. The average Bonchev–Trinajstić information content (AvgIpc) is 2.43. The van der Waals surface area contributed by atoms with Crippen molar-refractivity contribution in [2.75, 3.05) is 0 Å². The van der Waals surface area contributed by atoms with Crippen LogP contribution in [0.4, 0.5) is 0 Å². The molecule has 0 radical (unpaired) electrons. The fourth-order valence-corrected chi connectivity index (χ4v) is 1.01. The molecule has 0 spiro atoms. The summed E-state index contributed by atoms with van der Waals surface area (Å²) in [5.74, 6) is -3.30. The van der Waals surface area contributed by atoms with Crippen LogP contribution in [0, 0.1) is 5.92 Å². The zero-order valence-corrected chi connectivity index (χ0v) is 5.63. The number of hydrogen-bond donors (Lipinski definition) is 2. The van der Waals surface area contributed by atoms with Gasteiger partial charge in [0.05, 0.1) is 5.92 Å². The molecule has 1 fully saturated rings. The maximum atomic E-state index is 10.2. The van der Waals surface area contributed by atoms with Gasteiger partial charge in [0.2, 0.25) is 0 Å². The molecule has 0 heterocycles. The molecule has 1 rings (SSSR count). The number of halogens is 1. The molecule has 0 bridgehead atoms. The molecule has 1 aliphatic rings. The highest BCUT2D eigenvalue weighted by atomic mass is 35.5. The second-order valence-electron chi connectivity index (χ2n) is 2.26. The molecule has 0 aromatic rings. The first-order valence-electron chi connectivity index (χ1n) is 2.63. The van der Waals surface area contributed by atoms with Gasteiger partial charge >= 0.3 is 11.9 Å². The summed E-state index contributed by atoms with van der Waals surface area (Å²) < 4.78 is 0. The van der Waals surface area contributed by atoms with E-state index in [1.165, 1.54) is 0 Å². The van der Waals surface area contributed by atoms with Gasteiger partial charge in [-0.3, -0.25) is 9.59 Å². The fourth-order valence-electron chi connectivity index (χ4n) is 0.758. The van der Waals surface area contributed by atoms with Crippen LogP contribution < -0.4 is 0 Å². The first-order chi connectivity index (χ1) is 4.48. The van der Waals surface area contributed by atoms with Crippen LogP contribution in [0.3, 0.4) is 0 Å². The highest BCUT2D eigenvalue weighted by molar-refractivity contribution is 6.38. The van der Waals surface area contributed by atoms with Gasteiger partial charge in [-0.1, -0.05) is 0 Å². The van der Waals surface area contributed by atoms with Crippen LogP contribution in [0.15, 0.2) is 0 Å². The summed E-state index contributed by atoms with van der Waals surface area (Å²) in [6.45, 7) is 0. The van der Waals surface area contributed by atoms with E-state index in [-0.39, 0.29) is 6.42 Å². The minimum atomic E-state index is -1.52. The average molecular weight is 165 g/mol. The van der Waals surface area contributed by atoms with Crippen molar-refractivity contribution in [2.24, 2.45) is 5.92 Å². The summed E-state index contributed by atoms with van der Waals surface area (Å²) in [7, 11) is 0. The molecule has 4 nitrogen and oxygen atoms in total. The Bertz CT molecular complexity index is 202. The smallest absolute Gasteiger partial charge is 0.325 e. The molecule has 0 aliphatic heterocycles. The summed E-state index contributed by atoms with van der Waals surface area (Å²) >= 11 is 5.36. The minimum absolute atomic E-state index is 0.0270. The molecule has 2 atom stereocenters. The second kappa shape index (κ2) is 1.85. The van der Waals surface area contributed by atoms with E-state index in [1.54, 1.807) is 0 Å². The molecule has 0 saturated heterocycles. The monoisotopic (exact) mass is 164 g/mol. The van der Waals surface area contributed by atoms with E-state index < -0.39 is 22.7 Å². The zero-order chi connectivity index (χ0) is 7.94. The third-order valence-corrected chi connectivity index (χ3v) is 2.13. The quantitative estimate of drug-likeness (QED) is 0.570. The molecule has 0 aromatic carbocycles. The van der Waals surface area contributed by atoms with Gasteiger partial charge in [0.25, 0.3) is 0 Å². The maximum absolute atomic E-state index is 10.2. The number of rotatable bonds is 2. The first kappa shape index (κ1) is 7.34. The van der Waals surface area contributed by atoms with Gasteiger partial charge in [0.1, 0.15) is 0 Å². The van der Waals surface area contributed by atoms with Crippen molar-refractivity contribution in [3.8, 4) is 0 Å². The van der Waals surface area contributed by atoms with Crippen LogP contribution in [-0.4, -0.2) is 27.0 Å². The SMILES string of the molecule is O=C(O)C1CC1(Cl)C(=O)O. The lowest BCUT2D eigenvalue weighted by molar-refractivity contribution is -0.143. The Morgan fingerprint density at radius 1 is 1.50 bits per heavy atom. The third-order valence-electron chi connectivity index (χ3n) is 1.55.